The van der Waals surface area contributed by atoms with Gasteiger partial charge in [-0.15, -0.1) is 12.4 Å². The summed E-state index contributed by atoms with van der Waals surface area (Å²) in [6.07, 6.45) is 0.944. The van der Waals surface area contributed by atoms with E-state index >= 15 is 0 Å². The molecule has 1 aromatic heterocycles. The molecule has 3 nitrogen and oxygen atoms in total. The lowest BCUT2D eigenvalue weighted by Gasteiger charge is -2.25. The van der Waals surface area contributed by atoms with E-state index in [2.05, 4.69) is 16.4 Å². The van der Waals surface area contributed by atoms with E-state index in [-0.39, 0.29) is 18.4 Å². The van der Waals surface area contributed by atoms with Crippen LogP contribution in [0.5, 0.6) is 5.75 Å². The number of rotatable bonds is 1. The van der Waals surface area contributed by atoms with Gasteiger partial charge in [-0.05, 0) is 41.8 Å². The molecule has 2 aromatic carbocycles. The normalized spacial score (nSPS) is 17.0. The summed E-state index contributed by atoms with van der Waals surface area (Å²) < 4.78 is 0. The molecule has 0 saturated carbocycles. The summed E-state index contributed by atoms with van der Waals surface area (Å²) in [5.74, 6) is 0.303. The molecule has 1 atom stereocenters. The maximum absolute atomic E-state index is 9.73. The quantitative estimate of drug-likeness (QED) is 0.625. The van der Waals surface area contributed by atoms with E-state index < -0.39 is 0 Å². The van der Waals surface area contributed by atoms with Gasteiger partial charge in [-0.1, -0.05) is 29.8 Å². The van der Waals surface area contributed by atoms with Gasteiger partial charge in [0.05, 0.1) is 6.04 Å². The van der Waals surface area contributed by atoms with Crippen molar-refractivity contribution in [3.8, 4) is 5.75 Å². The number of phenols is 1. The molecule has 3 N–H and O–H groups in total. The first-order chi connectivity index (χ1) is 10.2. The van der Waals surface area contributed by atoms with E-state index in [4.69, 9.17) is 11.6 Å². The number of hydrogen-bond acceptors (Lipinski definition) is 2. The Morgan fingerprint density at radius 3 is 2.77 bits per heavy atom. The summed E-state index contributed by atoms with van der Waals surface area (Å²) in [6.45, 7) is 0.894. The van der Waals surface area contributed by atoms with Crippen LogP contribution in [0.25, 0.3) is 10.9 Å². The van der Waals surface area contributed by atoms with Crippen LogP contribution in [0.15, 0.2) is 42.5 Å². The standard InChI is InChI=1S/C17H15ClN2O.ClH/c18-14-4-2-1-3-12(14)16-17-11(7-8-19-16)13-9-10(21)5-6-15(13)20-17;/h1-6,9,16,19-21H,7-8H2;1H. The smallest absolute Gasteiger partial charge is 0.116 e. The van der Waals surface area contributed by atoms with Gasteiger partial charge in [0.25, 0.3) is 0 Å². The Bertz CT molecular complexity index is 829. The number of H-pyrrole nitrogens is 1. The molecule has 0 aliphatic carbocycles. The summed E-state index contributed by atoms with van der Waals surface area (Å²) in [5.41, 5.74) is 4.55. The van der Waals surface area contributed by atoms with Gasteiger partial charge < -0.3 is 15.4 Å². The first kappa shape index (κ1) is 15.2. The SMILES string of the molecule is Cl.Oc1ccc2[nH]c3c(c2c1)CCNC3c1ccccc1Cl. The zero-order valence-corrected chi connectivity index (χ0v) is 13.3. The molecular formula is C17H16Cl2N2O. The summed E-state index contributed by atoms with van der Waals surface area (Å²) >= 11 is 6.35. The van der Waals surface area contributed by atoms with Gasteiger partial charge >= 0.3 is 0 Å². The molecule has 3 aromatic rings. The fourth-order valence-corrected chi connectivity index (χ4v) is 3.44. The first-order valence-electron chi connectivity index (χ1n) is 7.05. The van der Waals surface area contributed by atoms with Crippen LogP contribution < -0.4 is 5.32 Å². The Kier molecular flexibility index (Phi) is 4.04. The minimum Gasteiger partial charge on any atom is -0.508 e. The third-order valence-corrected chi connectivity index (χ3v) is 4.50. The molecular weight excluding hydrogens is 319 g/mol. The van der Waals surface area contributed by atoms with Gasteiger partial charge in [0.2, 0.25) is 0 Å². The predicted octanol–water partition coefficient (Wildman–Crippen LogP) is 4.18. The summed E-state index contributed by atoms with van der Waals surface area (Å²) in [7, 11) is 0. The molecule has 0 fully saturated rings. The zero-order valence-electron chi connectivity index (χ0n) is 11.8. The maximum Gasteiger partial charge on any atom is 0.116 e. The van der Waals surface area contributed by atoms with Crippen molar-refractivity contribution in [3.63, 3.8) is 0 Å². The van der Waals surface area contributed by atoms with Crippen molar-refractivity contribution < 1.29 is 5.11 Å². The van der Waals surface area contributed by atoms with E-state index in [1.165, 1.54) is 5.56 Å². The van der Waals surface area contributed by atoms with Crippen LogP contribution in [0.3, 0.4) is 0 Å². The van der Waals surface area contributed by atoms with Crippen LogP contribution in [-0.2, 0) is 6.42 Å². The molecule has 1 unspecified atom stereocenters. The third-order valence-electron chi connectivity index (χ3n) is 4.15. The number of hydrogen-bond donors (Lipinski definition) is 3. The van der Waals surface area contributed by atoms with Crippen LogP contribution in [0, 0.1) is 0 Å². The van der Waals surface area contributed by atoms with Crippen molar-refractivity contribution in [2.45, 2.75) is 12.5 Å². The Hall–Kier alpha value is -1.68. The van der Waals surface area contributed by atoms with Crippen molar-refractivity contribution in [3.05, 3.63) is 64.3 Å². The number of fused-ring (bicyclic) bond motifs is 3. The molecule has 2 heterocycles. The number of aromatic nitrogens is 1. The minimum absolute atomic E-state index is 0. The third kappa shape index (κ3) is 2.35. The van der Waals surface area contributed by atoms with Crippen molar-refractivity contribution in [1.82, 2.24) is 10.3 Å². The lowest BCUT2D eigenvalue weighted by Crippen LogP contribution is -2.30. The van der Waals surface area contributed by atoms with Gasteiger partial charge in [0.15, 0.2) is 0 Å². The van der Waals surface area contributed by atoms with Crippen LogP contribution in [0.2, 0.25) is 5.02 Å². The number of aromatic hydroxyl groups is 1. The maximum atomic E-state index is 9.73. The second-order valence-electron chi connectivity index (χ2n) is 5.41. The highest BCUT2D eigenvalue weighted by Gasteiger charge is 2.26. The number of benzene rings is 2. The van der Waals surface area contributed by atoms with E-state index in [1.807, 2.05) is 30.3 Å². The highest BCUT2D eigenvalue weighted by molar-refractivity contribution is 6.31. The Labute approximate surface area is 139 Å². The highest BCUT2D eigenvalue weighted by Crippen LogP contribution is 2.36. The molecule has 0 saturated heterocycles. The fraction of sp³-hybridized carbons (Fsp3) is 0.176. The molecule has 0 spiro atoms. The average Bonchev–Trinajstić information content (AvgIpc) is 2.86. The molecule has 4 rings (SSSR count). The molecule has 0 radical (unpaired) electrons. The zero-order chi connectivity index (χ0) is 14.4. The lowest BCUT2D eigenvalue weighted by atomic mass is 9.94. The van der Waals surface area contributed by atoms with Crippen molar-refractivity contribution in [2.24, 2.45) is 0 Å². The van der Waals surface area contributed by atoms with Gasteiger partial charge in [0, 0.05) is 28.2 Å². The topological polar surface area (TPSA) is 48.0 Å². The van der Waals surface area contributed by atoms with Crippen LogP contribution >= 0.6 is 24.0 Å². The van der Waals surface area contributed by atoms with Crippen molar-refractivity contribution in [2.75, 3.05) is 6.54 Å². The molecule has 22 heavy (non-hydrogen) atoms. The summed E-state index contributed by atoms with van der Waals surface area (Å²) in [6, 6.07) is 13.5. The first-order valence-corrected chi connectivity index (χ1v) is 7.43. The van der Waals surface area contributed by atoms with Gasteiger partial charge in [-0.2, -0.15) is 0 Å². The molecule has 5 heteroatoms. The van der Waals surface area contributed by atoms with Crippen molar-refractivity contribution in [1.29, 1.82) is 0 Å². The number of halogens is 2. The summed E-state index contributed by atoms with van der Waals surface area (Å²) in [4.78, 5) is 3.49. The van der Waals surface area contributed by atoms with E-state index in [0.29, 0.717) is 5.75 Å². The Morgan fingerprint density at radius 2 is 1.95 bits per heavy atom. The van der Waals surface area contributed by atoms with E-state index in [1.54, 1.807) is 6.07 Å². The number of phenolic OH excluding ortho intramolecular Hbond substituents is 1. The monoisotopic (exact) mass is 334 g/mol. The summed E-state index contributed by atoms with van der Waals surface area (Å²) in [5, 5.41) is 15.1. The second kappa shape index (κ2) is 5.84. The van der Waals surface area contributed by atoms with E-state index in [9.17, 15) is 5.11 Å². The van der Waals surface area contributed by atoms with Gasteiger partial charge in [-0.25, -0.2) is 0 Å². The van der Waals surface area contributed by atoms with Gasteiger partial charge in [0.1, 0.15) is 5.75 Å². The minimum atomic E-state index is 0. The Balaban J connectivity index is 0.00000144. The predicted molar refractivity (Wildman–Crippen MR) is 92.2 cm³/mol. The van der Waals surface area contributed by atoms with Crippen LogP contribution in [-0.4, -0.2) is 16.6 Å². The molecule has 0 amide bonds. The van der Waals surface area contributed by atoms with Crippen molar-refractivity contribution >= 4 is 34.9 Å². The molecule has 1 aliphatic heterocycles. The van der Waals surface area contributed by atoms with Crippen LogP contribution in [0.4, 0.5) is 0 Å². The van der Waals surface area contributed by atoms with Crippen LogP contribution in [0.1, 0.15) is 22.9 Å². The molecule has 1 aliphatic rings. The Morgan fingerprint density at radius 1 is 1.14 bits per heavy atom. The second-order valence-corrected chi connectivity index (χ2v) is 5.81. The number of aromatic amines is 1. The van der Waals surface area contributed by atoms with E-state index in [0.717, 1.165) is 40.1 Å². The molecule has 114 valence electrons. The largest absolute Gasteiger partial charge is 0.508 e. The highest BCUT2D eigenvalue weighted by atomic mass is 35.5. The van der Waals surface area contributed by atoms with Gasteiger partial charge in [-0.3, -0.25) is 0 Å². The fourth-order valence-electron chi connectivity index (χ4n) is 3.19. The average molecular weight is 335 g/mol. The molecule has 0 bridgehead atoms. The number of nitrogens with one attached hydrogen (secondary N) is 2. The lowest BCUT2D eigenvalue weighted by molar-refractivity contribution is 0.476.